The highest BCUT2D eigenvalue weighted by molar-refractivity contribution is 5.51. The van der Waals surface area contributed by atoms with Crippen LogP contribution in [0, 0.1) is 12.3 Å². The van der Waals surface area contributed by atoms with E-state index in [0.29, 0.717) is 0 Å². The van der Waals surface area contributed by atoms with Gasteiger partial charge in [0, 0.05) is 24.3 Å². The maximum Gasteiger partial charge on any atom is 0.0433 e. The van der Waals surface area contributed by atoms with Crippen molar-refractivity contribution in [3.05, 3.63) is 102 Å². The van der Waals surface area contributed by atoms with Gasteiger partial charge in [-0.2, -0.15) is 0 Å². The van der Waals surface area contributed by atoms with Crippen LogP contribution in [0.3, 0.4) is 0 Å². The lowest BCUT2D eigenvalue weighted by molar-refractivity contribution is 0.800. The van der Waals surface area contributed by atoms with Crippen LogP contribution in [0.1, 0.15) is 16.7 Å². The van der Waals surface area contributed by atoms with Crippen molar-refractivity contribution in [2.75, 3.05) is 4.90 Å². The number of benzene rings is 3. The largest absolute Gasteiger partial charge is 0.363 e. The van der Waals surface area contributed by atoms with Crippen molar-refractivity contribution in [3.8, 4) is 12.3 Å². The molecule has 0 radical (unpaired) electrons. The van der Waals surface area contributed by atoms with E-state index < -0.39 is 0 Å². The Labute approximate surface area is 138 Å². The molecule has 0 atom stereocenters. The summed E-state index contributed by atoms with van der Waals surface area (Å²) in [6.07, 6.45) is 5.46. The van der Waals surface area contributed by atoms with Crippen molar-refractivity contribution in [2.45, 2.75) is 13.1 Å². The maximum atomic E-state index is 5.46. The van der Waals surface area contributed by atoms with E-state index in [-0.39, 0.29) is 0 Å². The van der Waals surface area contributed by atoms with Crippen molar-refractivity contribution in [1.82, 2.24) is 0 Å². The van der Waals surface area contributed by atoms with Crippen LogP contribution in [0.2, 0.25) is 0 Å². The lowest BCUT2D eigenvalue weighted by atomic mass is 10.1. The predicted molar refractivity (Wildman–Crippen MR) is 97.1 cm³/mol. The highest BCUT2D eigenvalue weighted by Gasteiger charge is 2.08. The average Bonchev–Trinajstić information content (AvgIpc) is 2.63. The second kappa shape index (κ2) is 7.33. The molecule has 1 heteroatoms. The quantitative estimate of drug-likeness (QED) is 0.607. The van der Waals surface area contributed by atoms with Gasteiger partial charge in [0.2, 0.25) is 0 Å². The molecule has 0 aromatic heterocycles. The minimum absolute atomic E-state index is 0.866. The summed E-state index contributed by atoms with van der Waals surface area (Å²) in [6, 6.07) is 29.3. The zero-order valence-corrected chi connectivity index (χ0v) is 13.0. The van der Waals surface area contributed by atoms with Crippen molar-refractivity contribution in [3.63, 3.8) is 0 Å². The second-order valence-corrected chi connectivity index (χ2v) is 5.52. The van der Waals surface area contributed by atoms with Crippen molar-refractivity contribution in [2.24, 2.45) is 0 Å². The molecular formula is C22H19N. The van der Waals surface area contributed by atoms with Gasteiger partial charge in [-0.1, -0.05) is 66.6 Å². The SMILES string of the molecule is C#Cc1ccc(N(Cc2ccccc2)Cc2ccccc2)cc1. The van der Waals surface area contributed by atoms with Crippen LogP contribution in [0.15, 0.2) is 84.9 Å². The average molecular weight is 297 g/mol. The van der Waals surface area contributed by atoms with E-state index in [0.717, 1.165) is 18.7 Å². The van der Waals surface area contributed by atoms with Crippen LogP contribution in [0.4, 0.5) is 5.69 Å². The van der Waals surface area contributed by atoms with Crippen LogP contribution < -0.4 is 4.90 Å². The smallest absolute Gasteiger partial charge is 0.0433 e. The molecule has 0 aliphatic heterocycles. The van der Waals surface area contributed by atoms with Gasteiger partial charge in [0.15, 0.2) is 0 Å². The fraction of sp³-hybridized carbons (Fsp3) is 0.0909. The van der Waals surface area contributed by atoms with Gasteiger partial charge in [0.05, 0.1) is 0 Å². The van der Waals surface area contributed by atoms with Crippen LogP contribution in [0.5, 0.6) is 0 Å². The molecule has 0 aliphatic rings. The molecule has 0 bridgehead atoms. The zero-order chi connectivity index (χ0) is 15.9. The molecule has 0 saturated carbocycles. The highest BCUT2D eigenvalue weighted by Crippen LogP contribution is 2.20. The van der Waals surface area contributed by atoms with E-state index in [9.17, 15) is 0 Å². The number of terminal acetylenes is 1. The topological polar surface area (TPSA) is 3.24 Å². The van der Waals surface area contributed by atoms with E-state index >= 15 is 0 Å². The molecule has 1 nitrogen and oxygen atoms in total. The second-order valence-electron chi connectivity index (χ2n) is 5.52. The van der Waals surface area contributed by atoms with E-state index in [1.54, 1.807) is 0 Å². The van der Waals surface area contributed by atoms with Gasteiger partial charge in [0.25, 0.3) is 0 Å². The summed E-state index contributed by atoms with van der Waals surface area (Å²) in [5.74, 6) is 2.67. The third kappa shape index (κ3) is 4.02. The van der Waals surface area contributed by atoms with Gasteiger partial charge >= 0.3 is 0 Å². The Bertz CT molecular complexity index is 726. The van der Waals surface area contributed by atoms with E-state index in [2.05, 4.69) is 71.5 Å². The summed E-state index contributed by atoms with van der Waals surface area (Å²) in [4.78, 5) is 2.37. The summed E-state index contributed by atoms with van der Waals surface area (Å²) in [6.45, 7) is 1.73. The summed E-state index contributed by atoms with van der Waals surface area (Å²) in [7, 11) is 0. The molecule has 3 aromatic carbocycles. The first kappa shape index (κ1) is 14.9. The minimum Gasteiger partial charge on any atom is -0.363 e. The first-order valence-corrected chi connectivity index (χ1v) is 7.74. The van der Waals surface area contributed by atoms with Crippen LogP contribution in [-0.2, 0) is 13.1 Å². The maximum absolute atomic E-state index is 5.46. The van der Waals surface area contributed by atoms with Crippen LogP contribution in [0.25, 0.3) is 0 Å². The fourth-order valence-electron chi connectivity index (χ4n) is 2.61. The predicted octanol–water partition coefficient (Wildman–Crippen LogP) is 4.87. The third-order valence-electron chi connectivity index (χ3n) is 3.83. The van der Waals surface area contributed by atoms with Crippen molar-refractivity contribution in [1.29, 1.82) is 0 Å². The van der Waals surface area contributed by atoms with Gasteiger partial charge in [-0.3, -0.25) is 0 Å². The number of anilines is 1. The number of hydrogen-bond donors (Lipinski definition) is 0. The Balaban J connectivity index is 1.87. The summed E-state index contributed by atoms with van der Waals surface area (Å²) in [5.41, 5.74) is 4.68. The molecular weight excluding hydrogens is 278 g/mol. The van der Waals surface area contributed by atoms with Crippen LogP contribution in [-0.4, -0.2) is 0 Å². The first-order chi connectivity index (χ1) is 11.3. The molecule has 0 spiro atoms. The van der Waals surface area contributed by atoms with Crippen molar-refractivity contribution >= 4 is 5.69 Å². The lowest BCUT2D eigenvalue weighted by Crippen LogP contribution is -2.22. The normalized spacial score (nSPS) is 10.0. The molecule has 0 unspecified atom stereocenters. The molecule has 3 aromatic rings. The van der Waals surface area contributed by atoms with E-state index in [1.165, 1.54) is 16.8 Å². The summed E-state index contributed by atoms with van der Waals surface area (Å²) in [5, 5.41) is 0. The summed E-state index contributed by atoms with van der Waals surface area (Å²) >= 11 is 0. The molecule has 112 valence electrons. The molecule has 0 aliphatic carbocycles. The Morgan fingerprint density at radius 1 is 0.652 bits per heavy atom. The van der Waals surface area contributed by atoms with Gasteiger partial charge in [-0.15, -0.1) is 6.42 Å². The van der Waals surface area contributed by atoms with E-state index in [4.69, 9.17) is 6.42 Å². The minimum atomic E-state index is 0.866. The van der Waals surface area contributed by atoms with Gasteiger partial charge in [-0.25, -0.2) is 0 Å². The van der Waals surface area contributed by atoms with Gasteiger partial charge < -0.3 is 4.90 Å². The monoisotopic (exact) mass is 297 g/mol. The molecule has 0 amide bonds. The molecule has 23 heavy (non-hydrogen) atoms. The standard InChI is InChI=1S/C22H19N/c1-2-19-13-15-22(16-14-19)23(17-20-9-5-3-6-10-20)18-21-11-7-4-8-12-21/h1,3-16H,17-18H2. The Kier molecular flexibility index (Phi) is 4.76. The number of rotatable bonds is 5. The zero-order valence-electron chi connectivity index (χ0n) is 13.0. The molecule has 3 rings (SSSR count). The Morgan fingerprint density at radius 2 is 1.13 bits per heavy atom. The molecule has 0 saturated heterocycles. The molecule has 0 N–H and O–H groups in total. The fourth-order valence-corrected chi connectivity index (χ4v) is 2.61. The summed E-state index contributed by atoms with van der Waals surface area (Å²) < 4.78 is 0. The molecule has 0 heterocycles. The Morgan fingerprint density at radius 3 is 1.57 bits per heavy atom. The Hall–Kier alpha value is -2.98. The van der Waals surface area contributed by atoms with E-state index in [1.807, 2.05) is 24.3 Å². The third-order valence-corrected chi connectivity index (χ3v) is 3.83. The lowest BCUT2D eigenvalue weighted by Gasteiger charge is -2.25. The van der Waals surface area contributed by atoms with Gasteiger partial charge in [-0.05, 0) is 35.4 Å². The highest BCUT2D eigenvalue weighted by atomic mass is 15.1. The van der Waals surface area contributed by atoms with Crippen molar-refractivity contribution < 1.29 is 0 Å². The van der Waals surface area contributed by atoms with Crippen LogP contribution >= 0.6 is 0 Å². The number of hydrogen-bond acceptors (Lipinski definition) is 1. The first-order valence-electron chi connectivity index (χ1n) is 7.74. The number of nitrogens with zero attached hydrogens (tertiary/aromatic N) is 1. The molecule has 0 fully saturated rings. The van der Waals surface area contributed by atoms with Gasteiger partial charge in [0.1, 0.15) is 0 Å².